The molecule has 1 N–H and O–H groups in total. The van der Waals surface area contributed by atoms with Crippen LogP contribution in [0, 0.1) is 12.7 Å². The Hall–Kier alpha value is -2.89. The summed E-state index contributed by atoms with van der Waals surface area (Å²) >= 11 is 0. The molecule has 3 amide bonds. The molecule has 5 nitrogen and oxygen atoms in total. The molecule has 1 aliphatic heterocycles. The summed E-state index contributed by atoms with van der Waals surface area (Å²) in [6.45, 7) is 1.85. The summed E-state index contributed by atoms with van der Waals surface area (Å²) in [5.41, 5.74) is 2.33. The number of nitrogens with one attached hydrogen (secondary N) is 1. The maximum absolute atomic E-state index is 13.7. The SMILES string of the molecule is Cc1ccc(/C=C2\NC(=O)N(Cc3ccccc3F)C2=O)n1C. The van der Waals surface area contributed by atoms with Crippen LogP contribution in [0.3, 0.4) is 0 Å². The molecule has 1 aliphatic rings. The number of hydrogen-bond donors (Lipinski definition) is 1. The lowest BCUT2D eigenvalue weighted by Gasteiger charge is -2.12. The lowest BCUT2D eigenvalue weighted by Crippen LogP contribution is -2.30. The third-order valence-corrected chi connectivity index (χ3v) is 3.95. The third kappa shape index (κ3) is 2.75. The number of aryl methyl sites for hydroxylation is 1. The number of aromatic nitrogens is 1. The molecular formula is C17H16FN3O2. The molecule has 0 radical (unpaired) electrons. The molecule has 2 heterocycles. The minimum Gasteiger partial charge on any atom is -0.348 e. The molecule has 1 saturated heterocycles. The van der Waals surface area contributed by atoms with Crippen molar-refractivity contribution in [1.82, 2.24) is 14.8 Å². The van der Waals surface area contributed by atoms with Crippen molar-refractivity contribution in [1.29, 1.82) is 0 Å². The van der Waals surface area contributed by atoms with Gasteiger partial charge in [0.2, 0.25) is 0 Å². The average Bonchev–Trinajstić information content (AvgIpc) is 2.97. The van der Waals surface area contributed by atoms with Gasteiger partial charge in [-0.05, 0) is 31.2 Å². The number of carbonyl (C=O) groups excluding carboxylic acids is 2. The van der Waals surface area contributed by atoms with Crippen LogP contribution in [-0.4, -0.2) is 21.4 Å². The van der Waals surface area contributed by atoms with Gasteiger partial charge in [-0.15, -0.1) is 0 Å². The van der Waals surface area contributed by atoms with Gasteiger partial charge >= 0.3 is 6.03 Å². The van der Waals surface area contributed by atoms with Gasteiger partial charge in [-0.1, -0.05) is 18.2 Å². The zero-order valence-electron chi connectivity index (χ0n) is 12.8. The van der Waals surface area contributed by atoms with E-state index in [0.717, 1.165) is 16.3 Å². The van der Waals surface area contributed by atoms with E-state index in [1.165, 1.54) is 6.07 Å². The fourth-order valence-electron chi connectivity index (χ4n) is 2.44. The van der Waals surface area contributed by atoms with Crippen LogP contribution >= 0.6 is 0 Å². The van der Waals surface area contributed by atoms with E-state index in [9.17, 15) is 14.0 Å². The first kappa shape index (κ1) is 15.0. The lowest BCUT2D eigenvalue weighted by molar-refractivity contribution is -0.123. The van der Waals surface area contributed by atoms with Crippen LogP contribution < -0.4 is 5.32 Å². The topological polar surface area (TPSA) is 54.3 Å². The van der Waals surface area contributed by atoms with Gasteiger partial charge in [0.05, 0.1) is 6.54 Å². The van der Waals surface area contributed by atoms with Crippen molar-refractivity contribution in [3.8, 4) is 0 Å². The first-order valence-electron chi connectivity index (χ1n) is 7.17. The number of halogens is 1. The summed E-state index contributed by atoms with van der Waals surface area (Å²) in [6.07, 6.45) is 1.62. The molecule has 118 valence electrons. The number of hydrogen-bond acceptors (Lipinski definition) is 2. The molecule has 1 aromatic heterocycles. The number of benzene rings is 1. The average molecular weight is 313 g/mol. The van der Waals surface area contributed by atoms with Gasteiger partial charge in [-0.25, -0.2) is 9.18 Å². The quantitative estimate of drug-likeness (QED) is 0.699. The Labute approximate surface area is 133 Å². The Morgan fingerprint density at radius 1 is 1.17 bits per heavy atom. The van der Waals surface area contributed by atoms with E-state index in [1.807, 2.05) is 30.7 Å². The molecule has 0 spiro atoms. The van der Waals surface area contributed by atoms with E-state index >= 15 is 0 Å². The Morgan fingerprint density at radius 2 is 1.91 bits per heavy atom. The van der Waals surface area contributed by atoms with Crippen LogP contribution in [-0.2, 0) is 18.4 Å². The van der Waals surface area contributed by atoms with Crippen molar-refractivity contribution in [3.05, 3.63) is 64.9 Å². The normalized spacial score (nSPS) is 16.3. The third-order valence-electron chi connectivity index (χ3n) is 3.95. The van der Waals surface area contributed by atoms with Gasteiger partial charge < -0.3 is 9.88 Å². The Morgan fingerprint density at radius 3 is 2.57 bits per heavy atom. The van der Waals surface area contributed by atoms with E-state index in [0.29, 0.717) is 5.56 Å². The summed E-state index contributed by atoms with van der Waals surface area (Å²) in [6, 6.07) is 9.32. The minimum absolute atomic E-state index is 0.0964. The fraction of sp³-hybridized carbons (Fsp3) is 0.176. The summed E-state index contributed by atoms with van der Waals surface area (Å²) in [7, 11) is 1.88. The molecule has 0 aliphatic carbocycles. The Balaban J connectivity index is 1.86. The second-order valence-electron chi connectivity index (χ2n) is 5.43. The van der Waals surface area contributed by atoms with Gasteiger partial charge in [-0.2, -0.15) is 0 Å². The molecule has 0 unspecified atom stereocenters. The number of amides is 3. The standard InChI is InChI=1S/C17H16FN3O2/c1-11-7-8-13(20(11)2)9-15-16(22)21(17(23)19-15)10-12-5-3-4-6-14(12)18/h3-9H,10H2,1-2H3,(H,19,23)/b15-9-. The predicted molar refractivity (Wildman–Crippen MR) is 83.6 cm³/mol. The van der Waals surface area contributed by atoms with E-state index in [2.05, 4.69) is 5.32 Å². The van der Waals surface area contributed by atoms with Crippen molar-refractivity contribution < 1.29 is 14.0 Å². The molecule has 3 rings (SSSR count). The highest BCUT2D eigenvalue weighted by Gasteiger charge is 2.34. The van der Waals surface area contributed by atoms with Crippen molar-refractivity contribution in [3.63, 3.8) is 0 Å². The molecule has 2 aromatic rings. The molecule has 0 bridgehead atoms. The van der Waals surface area contributed by atoms with Crippen molar-refractivity contribution in [2.75, 3.05) is 0 Å². The second kappa shape index (κ2) is 5.72. The highest BCUT2D eigenvalue weighted by molar-refractivity contribution is 6.13. The van der Waals surface area contributed by atoms with Gasteiger partial charge in [0.1, 0.15) is 11.5 Å². The number of urea groups is 1. The molecule has 1 fully saturated rings. The van der Waals surface area contributed by atoms with E-state index in [4.69, 9.17) is 0 Å². The predicted octanol–water partition coefficient (Wildman–Crippen LogP) is 2.57. The molecule has 1 aromatic carbocycles. The summed E-state index contributed by atoms with van der Waals surface area (Å²) in [5.74, 6) is -0.902. The smallest absolute Gasteiger partial charge is 0.329 e. The molecule has 23 heavy (non-hydrogen) atoms. The minimum atomic E-state index is -0.546. The van der Waals surface area contributed by atoms with Gasteiger partial charge in [0, 0.05) is 24.0 Å². The van der Waals surface area contributed by atoms with Crippen molar-refractivity contribution in [2.45, 2.75) is 13.5 Å². The van der Waals surface area contributed by atoms with E-state index in [1.54, 1.807) is 24.3 Å². The van der Waals surface area contributed by atoms with Crippen LogP contribution in [0.15, 0.2) is 42.1 Å². The monoisotopic (exact) mass is 313 g/mol. The largest absolute Gasteiger partial charge is 0.348 e. The Bertz CT molecular complexity index is 823. The summed E-state index contributed by atoms with van der Waals surface area (Å²) in [4.78, 5) is 25.4. The zero-order chi connectivity index (χ0) is 16.6. The van der Waals surface area contributed by atoms with Crippen LogP contribution in [0.5, 0.6) is 0 Å². The first-order chi connectivity index (χ1) is 11.0. The Kier molecular flexibility index (Phi) is 3.73. The lowest BCUT2D eigenvalue weighted by atomic mass is 10.2. The van der Waals surface area contributed by atoms with Gasteiger partial charge in [0.25, 0.3) is 5.91 Å². The number of rotatable bonds is 3. The molecule has 6 heteroatoms. The molecule has 0 saturated carbocycles. The van der Waals surface area contributed by atoms with Crippen molar-refractivity contribution in [2.24, 2.45) is 7.05 Å². The van der Waals surface area contributed by atoms with Crippen LogP contribution in [0.1, 0.15) is 17.0 Å². The van der Waals surface area contributed by atoms with E-state index < -0.39 is 17.8 Å². The highest BCUT2D eigenvalue weighted by atomic mass is 19.1. The van der Waals surface area contributed by atoms with Crippen LogP contribution in [0.2, 0.25) is 0 Å². The van der Waals surface area contributed by atoms with Gasteiger partial charge in [-0.3, -0.25) is 9.69 Å². The summed E-state index contributed by atoms with van der Waals surface area (Å²) in [5, 5.41) is 2.54. The van der Waals surface area contributed by atoms with Crippen LogP contribution in [0.4, 0.5) is 9.18 Å². The molecule has 0 atom stereocenters. The second-order valence-corrected chi connectivity index (χ2v) is 5.43. The summed E-state index contributed by atoms with van der Waals surface area (Å²) < 4.78 is 15.6. The first-order valence-corrected chi connectivity index (χ1v) is 7.17. The van der Waals surface area contributed by atoms with Crippen molar-refractivity contribution >= 4 is 18.0 Å². The van der Waals surface area contributed by atoms with E-state index in [-0.39, 0.29) is 12.2 Å². The highest BCUT2D eigenvalue weighted by Crippen LogP contribution is 2.19. The maximum Gasteiger partial charge on any atom is 0.329 e. The maximum atomic E-state index is 13.7. The molecular weight excluding hydrogens is 297 g/mol. The number of nitrogens with zero attached hydrogens (tertiary/aromatic N) is 2. The number of carbonyl (C=O) groups is 2. The van der Waals surface area contributed by atoms with Crippen LogP contribution in [0.25, 0.3) is 6.08 Å². The van der Waals surface area contributed by atoms with Gasteiger partial charge in [0.15, 0.2) is 0 Å². The fourth-order valence-corrected chi connectivity index (χ4v) is 2.44. The zero-order valence-corrected chi connectivity index (χ0v) is 12.8. The number of imide groups is 1.